The maximum Gasteiger partial charge on any atom is 0.276 e. The van der Waals surface area contributed by atoms with E-state index < -0.39 is 0 Å². The van der Waals surface area contributed by atoms with Crippen molar-refractivity contribution in [2.24, 2.45) is 5.73 Å². The number of aromatic amines is 1. The first-order chi connectivity index (χ1) is 8.54. The van der Waals surface area contributed by atoms with E-state index in [1.807, 2.05) is 6.07 Å². The smallest absolute Gasteiger partial charge is 0.276 e. The Kier molecular flexibility index (Phi) is 4.52. The van der Waals surface area contributed by atoms with Gasteiger partial charge in [-0.2, -0.15) is 0 Å². The van der Waals surface area contributed by atoms with Crippen LogP contribution in [0.2, 0.25) is 0 Å². The first-order valence-corrected chi connectivity index (χ1v) is 5.38. The van der Waals surface area contributed by atoms with Crippen LogP contribution in [0.25, 0.3) is 10.9 Å². The molecule has 0 aliphatic carbocycles. The number of aromatic nitrogens is 1. The van der Waals surface area contributed by atoms with Crippen molar-refractivity contribution in [1.29, 1.82) is 5.41 Å². The van der Waals surface area contributed by atoms with Crippen LogP contribution in [0.15, 0.2) is 24.3 Å². The Hall–Kier alpha value is -2.05. The summed E-state index contributed by atoms with van der Waals surface area (Å²) in [6.45, 7) is -0.0919. The molecule has 0 saturated heterocycles. The number of carbonyl (C=O) groups is 1. The highest BCUT2D eigenvalue weighted by atomic mass is 35.5. The molecule has 0 spiro atoms. The summed E-state index contributed by atoms with van der Waals surface area (Å²) in [6.07, 6.45) is 0. The predicted octanol–water partition coefficient (Wildman–Crippen LogP) is 1.05. The molecule has 1 aromatic carbocycles. The third-order valence-corrected chi connectivity index (χ3v) is 2.82. The molecule has 0 aliphatic heterocycles. The Balaban J connectivity index is 0.00000180. The second-order valence-electron chi connectivity index (χ2n) is 3.97. The summed E-state index contributed by atoms with van der Waals surface area (Å²) >= 11 is 0. The lowest BCUT2D eigenvalue weighted by atomic mass is 10.1. The van der Waals surface area contributed by atoms with E-state index in [0.717, 1.165) is 21.4 Å². The number of halogens is 1. The first kappa shape index (κ1) is 15.0. The van der Waals surface area contributed by atoms with Crippen molar-refractivity contribution in [2.75, 3.05) is 7.05 Å². The molecule has 0 fully saturated rings. The fourth-order valence-corrected chi connectivity index (χ4v) is 1.76. The van der Waals surface area contributed by atoms with E-state index in [2.05, 4.69) is 4.98 Å². The highest BCUT2D eigenvalue weighted by Crippen LogP contribution is 2.20. The maximum absolute atomic E-state index is 12.0. The summed E-state index contributed by atoms with van der Waals surface area (Å²) in [4.78, 5) is 16.0. The topological polar surface area (TPSA) is 106 Å². The van der Waals surface area contributed by atoms with Gasteiger partial charge in [-0.05, 0) is 17.7 Å². The minimum absolute atomic E-state index is 0. The van der Waals surface area contributed by atoms with E-state index in [1.165, 1.54) is 7.05 Å². The van der Waals surface area contributed by atoms with Crippen molar-refractivity contribution >= 4 is 35.2 Å². The second kappa shape index (κ2) is 5.73. The number of aliphatic hydroxyl groups is 1. The third kappa shape index (κ3) is 2.69. The highest BCUT2D eigenvalue weighted by Gasteiger charge is 2.16. The molecule has 102 valence electrons. The molecule has 0 aliphatic rings. The molecule has 0 bridgehead atoms. The summed E-state index contributed by atoms with van der Waals surface area (Å²) in [6, 6.07) is 7.06. The van der Waals surface area contributed by atoms with Gasteiger partial charge in [0.25, 0.3) is 5.91 Å². The first-order valence-electron chi connectivity index (χ1n) is 5.38. The summed E-state index contributed by atoms with van der Waals surface area (Å²) in [5, 5.41) is 17.2. The largest absolute Gasteiger partial charge is 0.392 e. The number of hydrogen-bond acceptors (Lipinski definition) is 3. The van der Waals surface area contributed by atoms with E-state index in [9.17, 15) is 9.90 Å². The molecular formula is C12H15ClN4O2. The van der Waals surface area contributed by atoms with E-state index in [0.29, 0.717) is 5.69 Å². The van der Waals surface area contributed by atoms with Gasteiger partial charge in [0.15, 0.2) is 5.96 Å². The van der Waals surface area contributed by atoms with Crippen LogP contribution in [0.4, 0.5) is 0 Å². The molecule has 2 rings (SSSR count). The quantitative estimate of drug-likeness (QED) is 0.488. The molecule has 0 saturated carbocycles. The van der Waals surface area contributed by atoms with Gasteiger partial charge in [-0.25, -0.2) is 0 Å². The van der Waals surface area contributed by atoms with Gasteiger partial charge in [0.1, 0.15) is 5.69 Å². The predicted molar refractivity (Wildman–Crippen MR) is 75.5 cm³/mol. The minimum atomic E-state index is -0.386. The summed E-state index contributed by atoms with van der Waals surface area (Å²) in [5.74, 6) is -0.705. The fraction of sp³-hybridized carbons (Fsp3) is 0.167. The van der Waals surface area contributed by atoms with Crippen molar-refractivity contribution < 1.29 is 9.90 Å². The van der Waals surface area contributed by atoms with Crippen LogP contribution in [0.5, 0.6) is 0 Å². The van der Waals surface area contributed by atoms with Crippen LogP contribution in [-0.4, -0.2) is 33.9 Å². The molecule has 0 radical (unpaired) electrons. The Labute approximate surface area is 116 Å². The number of fused-ring (bicyclic) bond motifs is 1. The van der Waals surface area contributed by atoms with Gasteiger partial charge >= 0.3 is 0 Å². The van der Waals surface area contributed by atoms with Gasteiger partial charge in [-0.15, -0.1) is 12.4 Å². The number of rotatable bonds is 2. The molecule has 5 N–H and O–H groups in total. The summed E-state index contributed by atoms with van der Waals surface area (Å²) in [5.41, 5.74) is 7.11. The lowest BCUT2D eigenvalue weighted by Gasteiger charge is -2.12. The summed E-state index contributed by atoms with van der Waals surface area (Å²) in [7, 11) is 1.43. The molecule has 19 heavy (non-hydrogen) atoms. The normalized spacial score (nSPS) is 10.0. The molecule has 0 unspecified atom stereocenters. The zero-order chi connectivity index (χ0) is 13.3. The van der Waals surface area contributed by atoms with E-state index in [-0.39, 0.29) is 30.9 Å². The molecule has 1 amide bonds. The SMILES string of the molecule is CN(C(=N)N)C(=O)c1cc2c(CO)cccc2[nH]1.Cl. The van der Waals surface area contributed by atoms with E-state index in [4.69, 9.17) is 11.1 Å². The van der Waals surface area contributed by atoms with Gasteiger partial charge < -0.3 is 15.8 Å². The van der Waals surface area contributed by atoms with Crippen molar-refractivity contribution in [3.8, 4) is 0 Å². The van der Waals surface area contributed by atoms with Gasteiger partial charge in [-0.1, -0.05) is 12.1 Å². The maximum atomic E-state index is 12.0. The van der Waals surface area contributed by atoms with Crippen LogP contribution in [0.3, 0.4) is 0 Å². The molecule has 2 aromatic rings. The monoisotopic (exact) mass is 282 g/mol. The van der Waals surface area contributed by atoms with Gasteiger partial charge in [0.05, 0.1) is 6.61 Å². The number of carbonyl (C=O) groups excluding carboxylic acids is 1. The van der Waals surface area contributed by atoms with Crippen LogP contribution in [0, 0.1) is 5.41 Å². The Morgan fingerprint density at radius 2 is 2.21 bits per heavy atom. The minimum Gasteiger partial charge on any atom is -0.392 e. The van der Waals surface area contributed by atoms with Crippen molar-refractivity contribution in [3.05, 3.63) is 35.5 Å². The molecule has 0 atom stereocenters. The van der Waals surface area contributed by atoms with Crippen molar-refractivity contribution in [3.63, 3.8) is 0 Å². The van der Waals surface area contributed by atoms with Gasteiger partial charge in [-0.3, -0.25) is 15.1 Å². The number of aliphatic hydroxyl groups excluding tert-OH is 1. The number of benzene rings is 1. The second-order valence-corrected chi connectivity index (χ2v) is 3.97. The van der Waals surface area contributed by atoms with Gasteiger partial charge in [0.2, 0.25) is 0 Å². The molecule has 1 aromatic heterocycles. The lowest BCUT2D eigenvalue weighted by molar-refractivity contribution is 0.0864. The number of H-pyrrole nitrogens is 1. The van der Waals surface area contributed by atoms with E-state index >= 15 is 0 Å². The number of nitrogens with one attached hydrogen (secondary N) is 2. The Morgan fingerprint density at radius 3 is 2.79 bits per heavy atom. The Bertz CT molecular complexity index is 623. The third-order valence-electron chi connectivity index (χ3n) is 2.82. The summed E-state index contributed by atoms with van der Waals surface area (Å²) < 4.78 is 0. The molecule has 1 heterocycles. The average Bonchev–Trinajstić information content (AvgIpc) is 2.80. The van der Waals surface area contributed by atoms with Crippen molar-refractivity contribution in [1.82, 2.24) is 9.88 Å². The number of hydrogen-bond donors (Lipinski definition) is 4. The van der Waals surface area contributed by atoms with Crippen LogP contribution < -0.4 is 5.73 Å². The van der Waals surface area contributed by atoms with Crippen LogP contribution in [0.1, 0.15) is 16.1 Å². The van der Waals surface area contributed by atoms with Crippen molar-refractivity contribution in [2.45, 2.75) is 6.61 Å². The Morgan fingerprint density at radius 1 is 1.53 bits per heavy atom. The fourth-order valence-electron chi connectivity index (χ4n) is 1.76. The highest BCUT2D eigenvalue weighted by molar-refractivity contribution is 6.05. The number of nitrogens with zero attached hydrogens (tertiary/aromatic N) is 1. The molecule has 6 nitrogen and oxygen atoms in total. The molecular weight excluding hydrogens is 268 g/mol. The number of nitrogens with two attached hydrogens (primary N) is 1. The zero-order valence-electron chi connectivity index (χ0n) is 10.3. The average molecular weight is 283 g/mol. The number of amides is 1. The van der Waals surface area contributed by atoms with Crippen LogP contribution in [-0.2, 0) is 6.61 Å². The van der Waals surface area contributed by atoms with Crippen LogP contribution >= 0.6 is 12.4 Å². The molecule has 7 heteroatoms. The number of guanidine groups is 1. The van der Waals surface area contributed by atoms with E-state index in [1.54, 1.807) is 18.2 Å². The lowest BCUT2D eigenvalue weighted by Crippen LogP contribution is -2.38. The zero-order valence-corrected chi connectivity index (χ0v) is 11.1. The van der Waals surface area contributed by atoms with Gasteiger partial charge in [0, 0.05) is 18.0 Å². The standard InChI is InChI=1S/C12H14N4O2.ClH/c1-16(12(13)14)11(18)10-5-8-7(6-17)3-2-4-9(8)15-10;/h2-5,15,17H,6H2,1H3,(H3,13,14);1H.